The first kappa shape index (κ1) is 10.6. The molecule has 1 aromatic carbocycles. The summed E-state index contributed by atoms with van der Waals surface area (Å²) in [5.74, 6) is -0.282. The molecule has 1 saturated heterocycles. The topological polar surface area (TPSA) is 61.8 Å². The maximum absolute atomic E-state index is 11.8. The summed E-state index contributed by atoms with van der Waals surface area (Å²) in [7, 11) is 0. The van der Waals surface area contributed by atoms with Gasteiger partial charge >= 0.3 is 0 Å². The molecule has 1 radical (unpaired) electrons. The summed E-state index contributed by atoms with van der Waals surface area (Å²) in [6.45, 7) is 3.45. The highest BCUT2D eigenvalue weighted by Gasteiger charge is 2.47. The van der Waals surface area contributed by atoms with Gasteiger partial charge in [-0.2, -0.15) is 0 Å². The predicted molar refractivity (Wildman–Crippen MR) is 58.6 cm³/mol. The van der Waals surface area contributed by atoms with Crippen LogP contribution in [0.25, 0.3) is 0 Å². The largest absolute Gasteiger partial charge is 0.330 e. The summed E-state index contributed by atoms with van der Waals surface area (Å²) in [6.07, 6.45) is 0. The minimum atomic E-state index is -0.774. The number of carbonyl (C=O) groups is 1. The third-order valence-electron chi connectivity index (χ3n) is 2.50. The molecule has 1 aliphatic rings. The van der Waals surface area contributed by atoms with Gasteiger partial charge in [0.05, 0.1) is 5.29 Å². The quantitative estimate of drug-likeness (QED) is 0.763. The maximum Gasteiger partial charge on any atom is 0.257 e. The summed E-state index contributed by atoms with van der Waals surface area (Å²) in [6, 6.07) is 9.30. The first-order valence-corrected chi connectivity index (χ1v) is 4.94. The molecule has 0 aromatic heterocycles. The van der Waals surface area contributed by atoms with Crippen molar-refractivity contribution >= 4 is 5.91 Å². The van der Waals surface area contributed by atoms with E-state index < -0.39 is 5.66 Å². The molecule has 0 unspecified atom stereocenters. The van der Waals surface area contributed by atoms with Crippen LogP contribution in [0.2, 0.25) is 0 Å². The van der Waals surface area contributed by atoms with Crippen molar-refractivity contribution < 1.29 is 4.79 Å². The molecule has 0 aliphatic carbocycles. The van der Waals surface area contributed by atoms with Gasteiger partial charge in [0.15, 0.2) is 0 Å². The van der Waals surface area contributed by atoms with Crippen molar-refractivity contribution in [2.75, 3.05) is 0 Å². The second-order valence-electron chi connectivity index (χ2n) is 4.12. The fourth-order valence-electron chi connectivity index (χ4n) is 1.76. The Morgan fingerprint density at radius 2 is 1.88 bits per heavy atom. The van der Waals surface area contributed by atoms with Gasteiger partial charge in [0.25, 0.3) is 5.91 Å². The van der Waals surface area contributed by atoms with Crippen LogP contribution in [0.4, 0.5) is 0 Å². The lowest BCUT2D eigenvalue weighted by atomic mass is 10.1. The van der Waals surface area contributed by atoms with Crippen molar-refractivity contribution in [3.63, 3.8) is 0 Å². The number of benzene rings is 1. The van der Waals surface area contributed by atoms with Crippen LogP contribution in [0.15, 0.2) is 35.6 Å². The zero-order valence-electron chi connectivity index (χ0n) is 9.10. The summed E-state index contributed by atoms with van der Waals surface area (Å²) in [4.78, 5) is 22.6. The maximum atomic E-state index is 11.8. The van der Waals surface area contributed by atoms with E-state index in [1.54, 1.807) is 26.0 Å². The minimum absolute atomic E-state index is 0.282. The second kappa shape index (κ2) is 3.59. The van der Waals surface area contributed by atoms with Crippen molar-refractivity contribution in [2.45, 2.75) is 19.5 Å². The minimum Gasteiger partial charge on any atom is -0.330 e. The zero-order chi connectivity index (χ0) is 11.8. The molecule has 16 heavy (non-hydrogen) atoms. The smallest absolute Gasteiger partial charge is 0.257 e. The molecule has 0 saturated carbocycles. The number of hydrogen-bond acceptors (Lipinski definition) is 3. The zero-order valence-corrected chi connectivity index (χ0v) is 9.10. The van der Waals surface area contributed by atoms with Crippen molar-refractivity contribution in [2.24, 2.45) is 5.29 Å². The lowest BCUT2D eigenvalue weighted by Crippen LogP contribution is -2.43. The van der Waals surface area contributed by atoms with E-state index in [1.807, 2.05) is 18.2 Å². The first-order valence-electron chi connectivity index (χ1n) is 4.94. The van der Waals surface area contributed by atoms with E-state index in [1.165, 1.54) is 5.01 Å². The fraction of sp³-hybridized carbons (Fsp3) is 0.273. The van der Waals surface area contributed by atoms with E-state index >= 15 is 0 Å². The van der Waals surface area contributed by atoms with E-state index in [0.717, 1.165) is 0 Å². The highest BCUT2D eigenvalue weighted by atomic mass is 16.3. The highest BCUT2D eigenvalue weighted by Crippen LogP contribution is 2.32. The monoisotopic (exact) mass is 218 g/mol. The van der Waals surface area contributed by atoms with Gasteiger partial charge in [-0.1, -0.05) is 30.3 Å². The molecule has 1 heterocycles. The van der Waals surface area contributed by atoms with Gasteiger partial charge in [0.1, 0.15) is 5.66 Å². The number of hydrogen-bond donors (Lipinski definition) is 1. The molecular weight excluding hydrogens is 206 g/mol. The average Bonchev–Trinajstić information content (AvgIpc) is 2.48. The van der Waals surface area contributed by atoms with Crippen molar-refractivity contribution in [1.82, 2.24) is 10.3 Å². The lowest BCUT2D eigenvalue weighted by molar-refractivity contribution is -0.118. The van der Waals surface area contributed by atoms with Crippen LogP contribution in [0, 0.1) is 10.9 Å². The Kier molecular flexibility index (Phi) is 2.38. The summed E-state index contributed by atoms with van der Waals surface area (Å²) in [5, 5.41) is 6.78. The van der Waals surface area contributed by atoms with Crippen LogP contribution in [-0.4, -0.2) is 16.6 Å². The molecule has 1 fully saturated rings. The summed E-state index contributed by atoms with van der Waals surface area (Å²) >= 11 is 0. The molecule has 0 atom stereocenters. The summed E-state index contributed by atoms with van der Waals surface area (Å²) < 4.78 is 0. The molecule has 2 rings (SSSR count). The van der Waals surface area contributed by atoms with E-state index in [4.69, 9.17) is 0 Å². The first-order chi connectivity index (χ1) is 7.56. The van der Waals surface area contributed by atoms with Gasteiger partial charge in [-0.05, 0) is 19.4 Å². The third kappa shape index (κ3) is 1.54. The van der Waals surface area contributed by atoms with Crippen molar-refractivity contribution in [1.29, 1.82) is 0 Å². The van der Waals surface area contributed by atoms with Crippen molar-refractivity contribution in [3.05, 3.63) is 46.8 Å². The number of nitrogens with one attached hydrogen (secondary N) is 1. The molecule has 1 aliphatic heterocycles. The lowest BCUT2D eigenvalue weighted by Gasteiger charge is -2.26. The summed E-state index contributed by atoms with van der Waals surface area (Å²) in [5.41, 5.74) is -0.0885. The normalized spacial score (nSPS) is 19.6. The molecule has 5 heteroatoms. The van der Waals surface area contributed by atoms with Gasteiger partial charge in [-0.15, -0.1) is 4.91 Å². The molecular formula is C11H12N3O2. The average molecular weight is 218 g/mol. The van der Waals surface area contributed by atoms with Crippen molar-refractivity contribution in [3.8, 4) is 0 Å². The predicted octanol–water partition coefficient (Wildman–Crippen LogP) is 1.42. The fourth-order valence-corrected chi connectivity index (χ4v) is 1.76. The number of nitrogens with zero attached hydrogens (tertiary/aromatic N) is 2. The number of rotatable bonds is 2. The number of nitroso groups, excluding NO2 is 1. The Bertz CT molecular complexity index is 416. The molecule has 0 spiro atoms. The molecule has 1 amide bonds. The van der Waals surface area contributed by atoms with Crippen LogP contribution in [0.3, 0.4) is 0 Å². The Hall–Kier alpha value is -1.91. The standard InChI is InChI=1S/C11H12N3O2/c1-11(2)12-10(15)9(14(11)13-16)8-6-4-3-5-7-8/h3-7H,1-2H3,(H,12,15). The second-order valence-corrected chi connectivity index (χ2v) is 4.12. The molecule has 1 aromatic rings. The van der Waals surface area contributed by atoms with Gasteiger partial charge in [-0.3, -0.25) is 4.79 Å². The molecule has 83 valence electrons. The van der Waals surface area contributed by atoms with Crippen LogP contribution in [0.5, 0.6) is 0 Å². The Morgan fingerprint density at radius 3 is 2.44 bits per heavy atom. The van der Waals surface area contributed by atoms with Crippen LogP contribution < -0.4 is 5.32 Å². The van der Waals surface area contributed by atoms with E-state index in [2.05, 4.69) is 10.6 Å². The third-order valence-corrected chi connectivity index (χ3v) is 2.50. The van der Waals surface area contributed by atoms with Gasteiger partial charge in [0, 0.05) is 0 Å². The van der Waals surface area contributed by atoms with Gasteiger partial charge in [-0.25, -0.2) is 5.01 Å². The van der Waals surface area contributed by atoms with E-state index in [0.29, 0.717) is 11.6 Å². The van der Waals surface area contributed by atoms with Gasteiger partial charge < -0.3 is 5.32 Å². The number of amides is 1. The molecule has 1 N–H and O–H groups in total. The van der Waals surface area contributed by atoms with Crippen LogP contribution in [-0.2, 0) is 4.79 Å². The van der Waals surface area contributed by atoms with Gasteiger partial charge in [0.2, 0.25) is 6.04 Å². The highest BCUT2D eigenvalue weighted by molar-refractivity contribution is 5.96. The SMILES string of the molecule is CC1(C)NC(=O)[C](c2ccccc2)N1N=O. The van der Waals surface area contributed by atoms with Crippen LogP contribution in [0.1, 0.15) is 19.4 Å². The van der Waals surface area contributed by atoms with Crippen LogP contribution >= 0.6 is 0 Å². The van der Waals surface area contributed by atoms with E-state index in [9.17, 15) is 9.70 Å². The Morgan fingerprint density at radius 1 is 1.25 bits per heavy atom. The molecule has 5 nitrogen and oxygen atoms in total. The van der Waals surface area contributed by atoms with E-state index in [-0.39, 0.29) is 5.91 Å². The number of carbonyl (C=O) groups excluding carboxylic acids is 1. The Labute approximate surface area is 93.4 Å². The Balaban J connectivity index is 2.41. The molecule has 0 bridgehead atoms.